The lowest BCUT2D eigenvalue weighted by Gasteiger charge is -2.36. The number of ether oxygens (including phenoxy) is 1. The van der Waals surface area contributed by atoms with Crippen LogP contribution in [0.2, 0.25) is 0 Å². The summed E-state index contributed by atoms with van der Waals surface area (Å²) in [5.74, 6) is 3.30. The first kappa shape index (κ1) is 25.5. The SMILES string of the molecule is COc1ccc2nccc(C(O)CC[C@@H]3CCN(CC#Cc4ccc(F)cc4F)C[C@@H]3C(=O)O)c2c1. The highest BCUT2D eigenvalue weighted by molar-refractivity contribution is 5.83. The average molecular weight is 495 g/mol. The number of hydrogen-bond donors (Lipinski definition) is 2. The lowest BCUT2D eigenvalue weighted by molar-refractivity contribution is -0.146. The van der Waals surface area contributed by atoms with Crippen molar-refractivity contribution < 1.29 is 28.5 Å². The molecule has 2 heterocycles. The average Bonchev–Trinajstić information content (AvgIpc) is 2.88. The Morgan fingerprint density at radius 3 is 2.83 bits per heavy atom. The monoisotopic (exact) mass is 494 g/mol. The number of likely N-dealkylation sites (tertiary alicyclic amines) is 1. The van der Waals surface area contributed by atoms with Crippen LogP contribution in [-0.2, 0) is 4.79 Å². The third-order valence-corrected chi connectivity index (χ3v) is 6.77. The van der Waals surface area contributed by atoms with Gasteiger partial charge in [-0.1, -0.05) is 11.8 Å². The molecule has 2 aromatic carbocycles. The van der Waals surface area contributed by atoms with E-state index in [9.17, 15) is 23.8 Å². The maximum Gasteiger partial charge on any atom is 0.308 e. The maximum absolute atomic E-state index is 13.8. The highest BCUT2D eigenvalue weighted by atomic mass is 19.1. The summed E-state index contributed by atoms with van der Waals surface area (Å²) in [4.78, 5) is 18.3. The van der Waals surface area contributed by atoms with E-state index in [2.05, 4.69) is 16.8 Å². The minimum atomic E-state index is -0.879. The smallest absolute Gasteiger partial charge is 0.308 e. The van der Waals surface area contributed by atoms with Gasteiger partial charge < -0.3 is 14.9 Å². The summed E-state index contributed by atoms with van der Waals surface area (Å²) in [6, 6.07) is 10.5. The zero-order chi connectivity index (χ0) is 25.7. The topological polar surface area (TPSA) is 82.9 Å². The van der Waals surface area contributed by atoms with Gasteiger partial charge in [-0.2, -0.15) is 0 Å². The summed E-state index contributed by atoms with van der Waals surface area (Å²) in [5.41, 5.74) is 1.61. The Hall–Kier alpha value is -3.54. The van der Waals surface area contributed by atoms with E-state index in [0.717, 1.165) is 28.6 Å². The van der Waals surface area contributed by atoms with Gasteiger partial charge in [0, 0.05) is 24.2 Å². The van der Waals surface area contributed by atoms with Gasteiger partial charge in [-0.05, 0) is 73.7 Å². The molecule has 4 rings (SSSR count). The highest BCUT2D eigenvalue weighted by Crippen LogP contribution is 2.33. The van der Waals surface area contributed by atoms with Crippen molar-refractivity contribution in [2.24, 2.45) is 11.8 Å². The fourth-order valence-corrected chi connectivity index (χ4v) is 4.77. The standard InChI is InChI=1S/C28H28F2N2O4/c1-36-21-7-8-26-23(16-21)22(10-12-31-26)27(33)9-5-18-11-14-32(17-24(18)28(34)35)13-2-3-19-4-6-20(29)15-25(19)30/h4,6-8,10,12,15-16,18,24,27,33H,5,9,11,13-14,17H2,1H3,(H,34,35)/t18-,24+,27?/m1/s1. The fraction of sp³-hybridized carbons (Fsp3) is 0.357. The number of carboxylic acid groups (broad SMARTS) is 1. The van der Waals surface area contributed by atoms with Crippen LogP contribution in [0.5, 0.6) is 5.75 Å². The largest absolute Gasteiger partial charge is 0.497 e. The minimum Gasteiger partial charge on any atom is -0.497 e. The van der Waals surface area contributed by atoms with Gasteiger partial charge in [0.2, 0.25) is 0 Å². The lowest BCUT2D eigenvalue weighted by Crippen LogP contribution is -2.44. The van der Waals surface area contributed by atoms with E-state index in [1.165, 1.54) is 6.07 Å². The molecule has 1 unspecified atom stereocenters. The van der Waals surface area contributed by atoms with E-state index in [1.54, 1.807) is 19.4 Å². The molecule has 36 heavy (non-hydrogen) atoms. The van der Waals surface area contributed by atoms with Crippen molar-refractivity contribution in [2.75, 3.05) is 26.7 Å². The zero-order valence-corrected chi connectivity index (χ0v) is 20.0. The number of methoxy groups -OCH3 is 1. The van der Waals surface area contributed by atoms with Gasteiger partial charge in [-0.25, -0.2) is 8.78 Å². The summed E-state index contributed by atoms with van der Waals surface area (Å²) in [7, 11) is 1.58. The number of aliphatic carboxylic acids is 1. The van der Waals surface area contributed by atoms with E-state index in [-0.39, 0.29) is 11.5 Å². The quantitative estimate of drug-likeness (QED) is 0.474. The second kappa shape index (κ2) is 11.5. The molecule has 0 radical (unpaired) electrons. The van der Waals surface area contributed by atoms with Gasteiger partial charge >= 0.3 is 5.97 Å². The molecule has 6 nitrogen and oxygen atoms in total. The Balaban J connectivity index is 1.38. The number of piperidine rings is 1. The Morgan fingerprint density at radius 1 is 1.25 bits per heavy atom. The van der Waals surface area contributed by atoms with Crippen LogP contribution in [0.15, 0.2) is 48.7 Å². The van der Waals surface area contributed by atoms with Crippen molar-refractivity contribution in [3.05, 3.63) is 71.4 Å². The summed E-state index contributed by atoms with van der Waals surface area (Å²) in [5, 5.41) is 21.6. The molecule has 0 bridgehead atoms. The molecule has 3 aromatic rings. The predicted molar refractivity (Wildman–Crippen MR) is 131 cm³/mol. The van der Waals surface area contributed by atoms with Crippen molar-refractivity contribution in [1.82, 2.24) is 9.88 Å². The predicted octanol–water partition coefficient (Wildman–Crippen LogP) is 4.41. The number of halogens is 2. The normalized spacial score (nSPS) is 18.9. The first-order chi connectivity index (χ1) is 17.4. The molecule has 0 saturated carbocycles. The third-order valence-electron chi connectivity index (χ3n) is 6.77. The molecule has 0 amide bonds. The van der Waals surface area contributed by atoms with Gasteiger partial charge in [-0.3, -0.25) is 14.7 Å². The molecule has 1 aliphatic rings. The van der Waals surface area contributed by atoms with Gasteiger partial charge in [0.05, 0.1) is 36.8 Å². The number of benzene rings is 2. The molecule has 2 N–H and O–H groups in total. The van der Waals surface area contributed by atoms with Gasteiger partial charge in [0.1, 0.15) is 17.4 Å². The number of aliphatic hydroxyl groups is 1. The molecule has 1 fully saturated rings. The number of aromatic nitrogens is 1. The first-order valence-electron chi connectivity index (χ1n) is 11.9. The summed E-state index contributed by atoms with van der Waals surface area (Å²) < 4.78 is 32.1. The highest BCUT2D eigenvalue weighted by Gasteiger charge is 2.34. The number of carbonyl (C=O) groups is 1. The van der Waals surface area contributed by atoms with Crippen molar-refractivity contribution in [1.29, 1.82) is 0 Å². The van der Waals surface area contributed by atoms with Crippen LogP contribution >= 0.6 is 0 Å². The minimum absolute atomic E-state index is 0.0847. The Kier molecular flexibility index (Phi) is 8.14. The lowest BCUT2D eigenvalue weighted by atomic mass is 9.81. The molecule has 1 aliphatic heterocycles. The molecule has 0 spiro atoms. The van der Waals surface area contributed by atoms with Crippen LogP contribution in [0.25, 0.3) is 10.9 Å². The zero-order valence-electron chi connectivity index (χ0n) is 20.0. The van der Waals surface area contributed by atoms with E-state index in [0.29, 0.717) is 44.6 Å². The van der Waals surface area contributed by atoms with Gasteiger partial charge in [-0.15, -0.1) is 0 Å². The Labute approximate surface area is 208 Å². The third kappa shape index (κ3) is 5.99. The molecule has 0 aliphatic carbocycles. The van der Waals surface area contributed by atoms with Gasteiger partial charge in [0.15, 0.2) is 0 Å². The van der Waals surface area contributed by atoms with Crippen molar-refractivity contribution in [2.45, 2.75) is 25.4 Å². The van der Waals surface area contributed by atoms with Crippen LogP contribution in [0.4, 0.5) is 8.78 Å². The Morgan fingerprint density at radius 2 is 2.08 bits per heavy atom. The summed E-state index contributed by atoms with van der Waals surface area (Å²) >= 11 is 0. The molecule has 1 aromatic heterocycles. The maximum atomic E-state index is 13.8. The number of nitrogens with zero attached hydrogens (tertiary/aromatic N) is 2. The molecule has 188 valence electrons. The van der Waals surface area contributed by atoms with Gasteiger partial charge in [0.25, 0.3) is 0 Å². The van der Waals surface area contributed by atoms with Crippen molar-refractivity contribution in [3.8, 4) is 17.6 Å². The van der Waals surface area contributed by atoms with E-state index in [4.69, 9.17) is 4.74 Å². The van der Waals surface area contributed by atoms with Crippen LogP contribution in [0, 0.1) is 35.3 Å². The number of aliphatic hydroxyl groups excluding tert-OH is 1. The Bertz CT molecular complexity index is 1300. The molecule has 8 heteroatoms. The number of pyridine rings is 1. The van der Waals surface area contributed by atoms with Crippen LogP contribution in [0.1, 0.15) is 36.5 Å². The second-order valence-electron chi connectivity index (χ2n) is 9.03. The summed E-state index contributed by atoms with van der Waals surface area (Å²) in [6.45, 7) is 1.27. The van der Waals surface area contributed by atoms with Crippen LogP contribution in [0.3, 0.4) is 0 Å². The summed E-state index contributed by atoms with van der Waals surface area (Å²) in [6.07, 6.45) is 2.54. The van der Waals surface area contributed by atoms with E-state index in [1.807, 2.05) is 23.1 Å². The molecule has 1 saturated heterocycles. The van der Waals surface area contributed by atoms with E-state index < -0.39 is 29.6 Å². The number of hydrogen-bond acceptors (Lipinski definition) is 5. The van der Waals surface area contributed by atoms with Crippen LogP contribution < -0.4 is 4.74 Å². The molecular formula is C28H28F2N2O4. The number of carboxylic acids is 1. The number of fused-ring (bicyclic) bond motifs is 1. The van der Waals surface area contributed by atoms with E-state index >= 15 is 0 Å². The number of rotatable bonds is 7. The van der Waals surface area contributed by atoms with Crippen molar-refractivity contribution >= 4 is 16.9 Å². The first-order valence-corrected chi connectivity index (χ1v) is 11.9. The second-order valence-corrected chi connectivity index (χ2v) is 9.03. The fourth-order valence-electron chi connectivity index (χ4n) is 4.77. The molecule has 3 atom stereocenters. The van der Waals surface area contributed by atoms with Crippen LogP contribution in [-0.4, -0.2) is 52.8 Å². The molecular weight excluding hydrogens is 466 g/mol. The van der Waals surface area contributed by atoms with Crippen molar-refractivity contribution in [3.63, 3.8) is 0 Å².